The first-order valence-electron chi connectivity index (χ1n) is 9.06. The van der Waals surface area contributed by atoms with Crippen LogP contribution < -0.4 is 5.32 Å². The fraction of sp³-hybridized carbons (Fsp3) is 0.556. The summed E-state index contributed by atoms with van der Waals surface area (Å²) in [6, 6.07) is 7.85. The van der Waals surface area contributed by atoms with E-state index >= 15 is 0 Å². The van der Waals surface area contributed by atoms with E-state index in [2.05, 4.69) is 20.8 Å². The standard InChI is InChI=1S/C18H23N5O3/c24-17(11-14-1-3-16(4-2-14)23-13-19-21-22-23)20-15-5-8-26-18(12-15)6-9-25-10-7-18/h1-4,13,15H,5-12H2,(H,20,24)/t15-/m0/s1. The van der Waals surface area contributed by atoms with Gasteiger partial charge in [0.25, 0.3) is 0 Å². The van der Waals surface area contributed by atoms with Gasteiger partial charge in [0.15, 0.2) is 0 Å². The summed E-state index contributed by atoms with van der Waals surface area (Å²) >= 11 is 0. The van der Waals surface area contributed by atoms with Gasteiger partial charge in [-0.25, -0.2) is 4.68 Å². The number of carbonyl (C=O) groups is 1. The number of amides is 1. The van der Waals surface area contributed by atoms with Crippen LogP contribution in [0.5, 0.6) is 0 Å². The molecule has 4 rings (SSSR count). The summed E-state index contributed by atoms with van der Waals surface area (Å²) in [5, 5.41) is 14.3. The van der Waals surface area contributed by atoms with Gasteiger partial charge in [-0.3, -0.25) is 4.79 Å². The number of aromatic nitrogens is 4. The number of carbonyl (C=O) groups excluding carboxylic acids is 1. The normalized spacial score (nSPS) is 22.2. The minimum atomic E-state index is -0.109. The summed E-state index contributed by atoms with van der Waals surface area (Å²) in [6.07, 6.45) is 5.48. The van der Waals surface area contributed by atoms with Gasteiger partial charge in [-0.05, 0) is 53.8 Å². The van der Waals surface area contributed by atoms with Gasteiger partial charge in [0.2, 0.25) is 5.91 Å². The van der Waals surface area contributed by atoms with E-state index < -0.39 is 0 Å². The zero-order valence-corrected chi connectivity index (χ0v) is 14.6. The molecule has 1 atom stereocenters. The number of tetrazole rings is 1. The smallest absolute Gasteiger partial charge is 0.224 e. The quantitative estimate of drug-likeness (QED) is 0.879. The third-order valence-electron chi connectivity index (χ3n) is 5.18. The van der Waals surface area contributed by atoms with Gasteiger partial charge >= 0.3 is 0 Å². The Kier molecular flexibility index (Phi) is 4.94. The largest absolute Gasteiger partial charge is 0.381 e. The van der Waals surface area contributed by atoms with E-state index in [1.165, 1.54) is 0 Å². The highest BCUT2D eigenvalue weighted by Crippen LogP contribution is 2.34. The molecule has 0 unspecified atom stereocenters. The number of hydrogen-bond donors (Lipinski definition) is 1. The number of ether oxygens (including phenoxy) is 2. The molecule has 0 aliphatic carbocycles. The van der Waals surface area contributed by atoms with Crippen molar-refractivity contribution in [2.24, 2.45) is 0 Å². The predicted octanol–water partition coefficient (Wildman–Crippen LogP) is 1.05. The van der Waals surface area contributed by atoms with Gasteiger partial charge in [0.05, 0.1) is 17.7 Å². The van der Waals surface area contributed by atoms with Crippen molar-refractivity contribution in [3.63, 3.8) is 0 Å². The highest BCUT2D eigenvalue weighted by Gasteiger charge is 2.39. The molecule has 26 heavy (non-hydrogen) atoms. The molecule has 2 saturated heterocycles. The lowest BCUT2D eigenvalue weighted by atomic mass is 9.84. The van der Waals surface area contributed by atoms with E-state index in [9.17, 15) is 4.79 Å². The maximum Gasteiger partial charge on any atom is 0.224 e. The van der Waals surface area contributed by atoms with Crippen molar-refractivity contribution in [2.75, 3.05) is 19.8 Å². The average Bonchev–Trinajstić information content (AvgIpc) is 3.18. The van der Waals surface area contributed by atoms with E-state index in [0.717, 1.165) is 50.1 Å². The van der Waals surface area contributed by atoms with Crippen LogP contribution in [0.1, 0.15) is 31.2 Å². The van der Waals surface area contributed by atoms with Gasteiger partial charge < -0.3 is 14.8 Å². The number of hydrogen-bond acceptors (Lipinski definition) is 6. The average molecular weight is 357 g/mol. The second-order valence-electron chi connectivity index (χ2n) is 7.00. The molecule has 1 aromatic heterocycles. The Morgan fingerprint density at radius 2 is 2.04 bits per heavy atom. The molecular weight excluding hydrogens is 334 g/mol. The van der Waals surface area contributed by atoms with Gasteiger partial charge in [0.1, 0.15) is 6.33 Å². The SMILES string of the molecule is O=C(Cc1ccc(-n2cnnn2)cc1)N[C@H]1CCOC2(CCOCC2)C1. The Hall–Kier alpha value is -2.32. The highest BCUT2D eigenvalue weighted by molar-refractivity contribution is 5.78. The molecule has 0 bridgehead atoms. The Bertz CT molecular complexity index is 720. The monoisotopic (exact) mass is 357 g/mol. The molecule has 2 aromatic rings. The number of nitrogens with one attached hydrogen (secondary N) is 1. The zero-order valence-electron chi connectivity index (χ0n) is 14.6. The summed E-state index contributed by atoms with van der Waals surface area (Å²) in [5.74, 6) is 0.0503. The fourth-order valence-electron chi connectivity index (χ4n) is 3.75. The van der Waals surface area contributed by atoms with Gasteiger partial charge in [0, 0.05) is 25.9 Å². The maximum absolute atomic E-state index is 12.5. The molecule has 1 aromatic carbocycles. The van der Waals surface area contributed by atoms with Gasteiger partial charge in [-0.2, -0.15) is 0 Å². The molecule has 1 spiro atoms. The first kappa shape index (κ1) is 17.1. The van der Waals surface area contributed by atoms with Crippen molar-refractivity contribution in [1.82, 2.24) is 25.5 Å². The van der Waals surface area contributed by atoms with Crippen LogP contribution in [0.4, 0.5) is 0 Å². The van der Waals surface area contributed by atoms with Crippen LogP contribution in [0.15, 0.2) is 30.6 Å². The van der Waals surface area contributed by atoms with Crippen LogP contribution in [0.3, 0.4) is 0 Å². The van der Waals surface area contributed by atoms with Crippen molar-refractivity contribution >= 4 is 5.91 Å². The van der Waals surface area contributed by atoms with Gasteiger partial charge in [-0.1, -0.05) is 12.1 Å². The molecule has 1 N–H and O–H groups in total. The molecule has 8 nitrogen and oxygen atoms in total. The topological polar surface area (TPSA) is 91.2 Å². The third-order valence-corrected chi connectivity index (χ3v) is 5.18. The first-order chi connectivity index (χ1) is 12.7. The number of rotatable bonds is 4. The summed E-state index contributed by atoms with van der Waals surface area (Å²) in [5.41, 5.74) is 1.72. The molecule has 8 heteroatoms. The Morgan fingerprint density at radius 3 is 2.77 bits per heavy atom. The lowest BCUT2D eigenvalue weighted by Crippen LogP contribution is -2.51. The Balaban J connectivity index is 1.32. The summed E-state index contributed by atoms with van der Waals surface area (Å²) in [4.78, 5) is 12.5. The molecule has 2 aliphatic heterocycles. The van der Waals surface area contributed by atoms with Crippen LogP contribution in [0, 0.1) is 0 Å². The predicted molar refractivity (Wildman–Crippen MR) is 92.8 cm³/mol. The molecule has 2 aliphatic rings. The zero-order chi connectivity index (χ0) is 17.8. The minimum absolute atomic E-state index is 0.0503. The Morgan fingerprint density at radius 1 is 1.23 bits per heavy atom. The highest BCUT2D eigenvalue weighted by atomic mass is 16.5. The maximum atomic E-state index is 12.5. The number of nitrogens with zero attached hydrogens (tertiary/aromatic N) is 4. The third kappa shape index (κ3) is 3.91. The fourth-order valence-corrected chi connectivity index (χ4v) is 3.75. The van der Waals surface area contributed by atoms with Crippen molar-refractivity contribution in [2.45, 2.75) is 43.7 Å². The first-order valence-corrected chi connectivity index (χ1v) is 9.06. The van der Waals surface area contributed by atoms with Crippen molar-refractivity contribution in [1.29, 1.82) is 0 Å². The van der Waals surface area contributed by atoms with Crippen molar-refractivity contribution < 1.29 is 14.3 Å². The van der Waals surface area contributed by atoms with Crippen molar-refractivity contribution in [3.05, 3.63) is 36.2 Å². The van der Waals surface area contributed by atoms with Crippen LogP contribution in [0.25, 0.3) is 5.69 Å². The van der Waals surface area contributed by atoms with E-state index in [0.29, 0.717) is 13.0 Å². The van der Waals surface area contributed by atoms with E-state index in [4.69, 9.17) is 9.47 Å². The lowest BCUT2D eigenvalue weighted by Gasteiger charge is -2.43. The second kappa shape index (κ2) is 7.51. The van der Waals surface area contributed by atoms with Crippen molar-refractivity contribution in [3.8, 4) is 5.69 Å². The van der Waals surface area contributed by atoms with Crippen LogP contribution in [-0.4, -0.2) is 57.6 Å². The summed E-state index contributed by atoms with van der Waals surface area (Å²) < 4.78 is 13.1. The van der Waals surface area contributed by atoms with Crippen LogP contribution >= 0.6 is 0 Å². The van der Waals surface area contributed by atoms with Crippen LogP contribution in [0.2, 0.25) is 0 Å². The van der Waals surface area contributed by atoms with E-state index in [-0.39, 0.29) is 17.6 Å². The Labute approximate surface area is 151 Å². The molecule has 3 heterocycles. The van der Waals surface area contributed by atoms with E-state index in [1.54, 1.807) is 11.0 Å². The van der Waals surface area contributed by atoms with Gasteiger partial charge in [-0.15, -0.1) is 5.10 Å². The molecule has 0 saturated carbocycles. The summed E-state index contributed by atoms with van der Waals surface area (Å²) in [6.45, 7) is 2.19. The molecular formula is C18H23N5O3. The van der Waals surface area contributed by atoms with E-state index in [1.807, 2.05) is 24.3 Å². The minimum Gasteiger partial charge on any atom is -0.381 e. The lowest BCUT2D eigenvalue weighted by molar-refractivity contribution is -0.143. The molecule has 0 radical (unpaired) electrons. The second-order valence-corrected chi connectivity index (χ2v) is 7.00. The molecule has 1 amide bonds. The molecule has 138 valence electrons. The van der Waals surface area contributed by atoms with Crippen LogP contribution in [-0.2, 0) is 20.7 Å². The summed E-state index contributed by atoms with van der Waals surface area (Å²) in [7, 11) is 0. The molecule has 2 fully saturated rings. The number of benzene rings is 1.